The Morgan fingerprint density at radius 3 is 2.62 bits per heavy atom. The second kappa shape index (κ2) is 5.67. The van der Waals surface area contributed by atoms with E-state index in [2.05, 4.69) is 0 Å². The molecule has 1 aromatic rings. The fourth-order valence-corrected chi connectivity index (χ4v) is 3.72. The van der Waals surface area contributed by atoms with E-state index in [0.717, 1.165) is 6.42 Å². The number of aliphatic hydroxyl groups is 1. The van der Waals surface area contributed by atoms with E-state index in [1.165, 1.54) is 0 Å². The molecule has 0 bridgehead atoms. The second-order valence-electron chi connectivity index (χ2n) is 7.48. The Morgan fingerprint density at radius 1 is 1.33 bits per heavy atom. The summed E-state index contributed by atoms with van der Waals surface area (Å²) in [4.78, 5) is 27.5. The average Bonchev–Trinajstić information content (AvgIpc) is 2.75. The molecule has 1 saturated heterocycles. The molecule has 0 aromatic heterocycles. The van der Waals surface area contributed by atoms with Gasteiger partial charge >= 0.3 is 0 Å². The van der Waals surface area contributed by atoms with Gasteiger partial charge in [0.25, 0.3) is 5.91 Å². The van der Waals surface area contributed by atoms with E-state index in [-0.39, 0.29) is 24.9 Å². The van der Waals surface area contributed by atoms with Crippen LogP contribution in [-0.2, 0) is 19.9 Å². The van der Waals surface area contributed by atoms with E-state index in [1.54, 1.807) is 17.0 Å². The van der Waals surface area contributed by atoms with Crippen molar-refractivity contribution in [2.45, 2.75) is 57.8 Å². The zero-order valence-electron chi connectivity index (χ0n) is 14.7. The Balaban J connectivity index is 2.07. The smallest absolute Gasteiger partial charge is 0.264 e. The van der Waals surface area contributed by atoms with Crippen LogP contribution in [0.1, 0.15) is 46.1 Å². The van der Waals surface area contributed by atoms with E-state index in [1.807, 2.05) is 39.8 Å². The summed E-state index contributed by atoms with van der Waals surface area (Å²) in [6, 6.07) is 7.15. The predicted octanol–water partition coefficient (Wildman–Crippen LogP) is 2.40. The molecule has 3 atom stereocenters. The number of rotatable bonds is 3. The van der Waals surface area contributed by atoms with Gasteiger partial charge in [0.2, 0.25) is 0 Å². The number of nitrogens with zero attached hydrogens (tertiary/aromatic N) is 1. The Bertz CT molecular complexity index is 684. The van der Waals surface area contributed by atoms with Crippen LogP contribution in [0, 0.1) is 5.92 Å². The lowest BCUT2D eigenvalue weighted by molar-refractivity contribution is -0.172. The molecule has 3 rings (SSSR count). The summed E-state index contributed by atoms with van der Waals surface area (Å²) >= 11 is 0. The fraction of sp³-hybridized carbons (Fsp3) is 0.579. The molecule has 0 unspecified atom stereocenters. The first-order valence-corrected chi connectivity index (χ1v) is 8.54. The number of amides is 1. The lowest BCUT2D eigenvalue weighted by atomic mass is 9.76. The number of carbonyl (C=O) groups excluding carboxylic acids is 2. The van der Waals surface area contributed by atoms with Crippen molar-refractivity contribution in [2.24, 2.45) is 5.92 Å². The van der Waals surface area contributed by atoms with Crippen molar-refractivity contribution < 1.29 is 19.4 Å². The third-order valence-electron chi connectivity index (χ3n) is 5.28. The molecule has 0 saturated carbocycles. The maximum absolute atomic E-state index is 13.2. The number of fused-ring (bicyclic) bond motifs is 1. The molecule has 0 aliphatic carbocycles. The van der Waals surface area contributed by atoms with Crippen molar-refractivity contribution in [3.63, 3.8) is 0 Å². The molecule has 5 heteroatoms. The third kappa shape index (κ3) is 2.38. The molecule has 1 amide bonds. The van der Waals surface area contributed by atoms with Crippen molar-refractivity contribution in [1.29, 1.82) is 0 Å². The lowest BCUT2D eigenvalue weighted by Gasteiger charge is -2.39. The highest BCUT2D eigenvalue weighted by atomic mass is 16.5. The number of Topliss-reactive ketones (excluding diaryl/α,β-unsaturated/α-hetero) is 1. The topological polar surface area (TPSA) is 66.8 Å². The number of anilines is 1. The van der Waals surface area contributed by atoms with Gasteiger partial charge in [0.15, 0.2) is 5.60 Å². The lowest BCUT2D eigenvalue weighted by Crippen LogP contribution is -2.55. The fourth-order valence-electron chi connectivity index (χ4n) is 3.72. The van der Waals surface area contributed by atoms with Gasteiger partial charge in [-0.2, -0.15) is 0 Å². The van der Waals surface area contributed by atoms with E-state index in [0.29, 0.717) is 11.3 Å². The molecule has 2 aliphatic heterocycles. The summed E-state index contributed by atoms with van der Waals surface area (Å²) in [6.45, 7) is 7.69. The molecule has 2 aliphatic rings. The Morgan fingerprint density at radius 2 is 2.00 bits per heavy atom. The van der Waals surface area contributed by atoms with Gasteiger partial charge in [-0.1, -0.05) is 25.1 Å². The van der Waals surface area contributed by atoms with Crippen molar-refractivity contribution in [1.82, 2.24) is 0 Å². The van der Waals surface area contributed by atoms with Gasteiger partial charge in [0.05, 0.1) is 23.8 Å². The summed E-state index contributed by atoms with van der Waals surface area (Å²) in [6.07, 6.45) is 0.955. The first kappa shape index (κ1) is 17.1. The number of carbonyl (C=O) groups is 2. The van der Waals surface area contributed by atoms with Crippen LogP contribution in [0.2, 0.25) is 0 Å². The number of ether oxygens (including phenoxy) is 1. The summed E-state index contributed by atoms with van der Waals surface area (Å²) in [5.74, 6) is -1.41. The normalized spacial score (nSPS) is 30.4. The standard InChI is InChI=1S/C19H25NO4/c1-5-12(2)20-15-9-7-6-8-13(15)19(23,17(20)22)14-11-24-18(3,4)10-16(14)21/h6-9,12,14,23H,5,10-11H2,1-4H3/t12-,14+,19-/m0/s1. The highest BCUT2D eigenvalue weighted by Gasteiger charge is 2.59. The van der Waals surface area contributed by atoms with Gasteiger partial charge in [0.1, 0.15) is 5.78 Å². The number of ketones is 1. The SMILES string of the molecule is CC[C@H](C)N1C(=O)[C@@](O)([C@@H]2COC(C)(C)CC2=O)c2ccccc21. The molecule has 130 valence electrons. The predicted molar refractivity (Wildman–Crippen MR) is 90.7 cm³/mol. The van der Waals surface area contributed by atoms with Crippen LogP contribution in [0.3, 0.4) is 0 Å². The zero-order valence-corrected chi connectivity index (χ0v) is 14.7. The minimum atomic E-state index is -1.84. The van der Waals surface area contributed by atoms with Crippen LogP contribution >= 0.6 is 0 Å². The molecular weight excluding hydrogens is 306 g/mol. The van der Waals surface area contributed by atoms with E-state index in [4.69, 9.17) is 4.74 Å². The van der Waals surface area contributed by atoms with Crippen molar-refractivity contribution in [2.75, 3.05) is 11.5 Å². The Labute approximate surface area is 142 Å². The Hall–Kier alpha value is -1.72. The third-order valence-corrected chi connectivity index (χ3v) is 5.28. The van der Waals surface area contributed by atoms with Gasteiger partial charge < -0.3 is 14.7 Å². The second-order valence-corrected chi connectivity index (χ2v) is 7.48. The minimum Gasteiger partial charge on any atom is -0.375 e. The molecule has 2 heterocycles. The first-order chi connectivity index (χ1) is 11.2. The highest BCUT2D eigenvalue weighted by molar-refractivity contribution is 6.10. The molecule has 0 radical (unpaired) electrons. The quantitative estimate of drug-likeness (QED) is 0.923. The van der Waals surface area contributed by atoms with Crippen LogP contribution in [0.5, 0.6) is 0 Å². The number of para-hydroxylation sites is 1. The van der Waals surface area contributed by atoms with E-state index < -0.39 is 23.0 Å². The summed E-state index contributed by atoms with van der Waals surface area (Å²) in [5, 5.41) is 11.4. The number of hydrogen-bond donors (Lipinski definition) is 1. The van der Waals surface area contributed by atoms with Crippen LogP contribution in [0.4, 0.5) is 5.69 Å². The first-order valence-electron chi connectivity index (χ1n) is 8.54. The molecule has 0 spiro atoms. The molecule has 1 aromatic carbocycles. The highest BCUT2D eigenvalue weighted by Crippen LogP contribution is 2.48. The molecule has 1 N–H and O–H groups in total. The summed E-state index contributed by atoms with van der Waals surface area (Å²) < 4.78 is 5.76. The molecule has 24 heavy (non-hydrogen) atoms. The molecular formula is C19H25NO4. The van der Waals surface area contributed by atoms with Crippen LogP contribution in [0.15, 0.2) is 24.3 Å². The van der Waals surface area contributed by atoms with E-state index in [9.17, 15) is 14.7 Å². The summed E-state index contributed by atoms with van der Waals surface area (Å²) in [7, 11) is 0. The largest absolute Gasteiger partial charge is 0.375 e. The van der Waals surface area contributed by atoms with Crippen LogP contribution in [-0.4, -0.2) is 35.0 Å². The van der Waals surface area contributed by atoms with Crippen molar-refractivity contribution >= 4 is 17.4 Å². The van der Waals surface area contributed by atoms with Gasteiger partial charge in [-0.3, -0.25) is 9.59 Å². The van der Waals surface area contributed by atoms with Crippen molar-refractivity contribution in [3.05, 3.63) is 29.8 Å². The zero-order chi connectivity index (χ0) is 17.7. The summed E-state index contributed by atoms with van der Waals surface area (Å²) in [5.41, 5.74) is -1.19. The Kier molecular flexibility index (Phi) is 4.04. The minimum absolute atomic E-state index is 0.0521. The number of benzene rings is 1. The van der Waals surface area contributed by atoms with Gasteiger partial charge in [-0.15, -0.1) is 0 Å². The maximum atomic E-state index is 13.2. The average molecular weight is 331 g/mol. The number of hydrogen-bond acceptors (Lipinski definition) is 4. The monoisotopic (exact) mass is 331 g/mol. The van der Waals surface area contributed by atoms with Crippen LogP contribution in [0.25, 0.3) is 0 Å². The molecule has 5 nitrogen and oxygen atoms in total. The van der Waals surface area contributed by atoms with Gasteiger partial charge in [-0.05, 0) is 33.3 Å². The van der Waals surface area contributed by atoms with Gasteiger partial charge in [0, 0.05) is 18.0 Å². The maximum Gasteiger partial charge on any atom is 0.264 e. The van der Waals surface area contributed by atoms with Gasteiger partial charge in [-0.25, -0.2) is 0 Å². The van der Waals surface area contributed by atoms with E-state index >= 15 is 0 Å². The van der Waals surface area contributed by atoms with Crippen LogP contribution < -0.4 is 4.90 Å². The molecule has 1 fully saturated rings. The van der Waals surface area contributed by atoms with Crippen molar-refractivity contribution in [3.8, 4) is 0 Å².